The highest BCUT2D eigenvalue weighted by atomic mass is 32.2. The van der Waals surface area contributed by atoms with Crippen LogP contribution in [0.25, 0.3) is 0 Å². The topological polar surface area (TPSA) is 76.1 Å². The van der Waals surface area contributed by atoms with Crippen LogP contribution in [-0.4, -0.2) is 37.0 Å². The minimum absolute atomic E-state index is 0.00329. The Balaban J connectivity index is 1.66. The number of nitrogens with zero attached hydrogens (tertiary/aromatic N) is 1. The number of fused-ring (bicyclic) bond motifs is 1. The fourth-order valence-electron chi connectivity index (χ4n) is 4.28. The van der Waals surface area contributed by atoms with Crippen LogP contribution in [0.15, 0.2) is 53.4 Å². The molecule has 3 aromatic rings. The number of β-amino-alcohol motifs (C(OH)–C–C–N with tert-alkyl or cyclic N) is 1. The Morgan fingerprint density at radius 3 is 2.14 bits per heavy atom. The van der Waals surface area contributed by atoms with Gasteiger partial charge in [0.15, 0.2) is 11.5 Å². The first-order valence-electron chi connectivity index (χ1n) is 10.6. The molecule has 1 saturated heterocycles. The van der Waals surface area contributed by atoms with Crippen molar-refractivity contribution < 1.29 is 40.6 Å². The van der Waals surface area contributed by atoms with Gasteiger partial charge in [-0.1, -0.05) is 6.07 Å². The van der Waals surface area contributed by atoms with Crippen molar-refractivity contribution in [1.29, 1.82) is 0 Å². The Morgan fingerprint density at radius 1 is 0.914 bits per heavy atom. The Hall–Kier alpha value is -3.15. The predicted molar refractivity (Wildman–Crippen MR) is 115 cm³/mol. The van der Waals surface area contributed by atoms with E-state index in [9.17, 15) is 22.3 Å². The summed E-state index contributed by atoms with van der Waals surface area (Å²) in [7, 11) is -4.35. The smallest absolute Gasteiger partial charge is 0.311 e. The summed E-state index contributed by atoms with van der Waals surface area (Å²) in [6.45, 7) is 1.43. The molecule has 2 aliphatic heterocycles. The second kappa shape index (κ2) is 8.21. The van der Waals surface area contributed by atoms with Gasteiger partial charge in [-0.15, -0.1) is 0 Å². The van der Waals surface area contributed by atoms with Crippen LogP contribution in [0.2, 0.25) is 0 Å². The second-order valence-electron chi connectivity index (χ2n) is 8.46. The van der Waals surface area contributed by atoms with Crippen LogP contribution in [0.3, 0.4) is 0 Å². The first kappa shape index (κ1) is 23.6. The maximum absolute atomic E-state index is 15.1. The number of benzene rings is 3. The highest BCUT2D eigenvalue weighted by Gasteiger charge is 2.50. The molecule has 0 saturated carbocycles. The quantitative estimate of drug-likeness (QED) is 0.539. The van der Waals surface area contributed by atoms with Gasteiger partial charge in [0, 0.05) is 31.3 Å². The Bertz CT molecular complexity index is 1390. The highest BCUT2D eigenvalue weighted by molar-refractivity contribution is 7.89. The van der Waals surface area contributed by atoms with Crippen molar-refractivity contribution in [2.24, 2.45) is 0 Å². The molecule has 0 radical (unpaired) electrons. The summed E-state index contributed by atoms with van der Waals surface area (Å²) >= 11 is 0. The van der Waals surface area contributed by atoms with Crippen molar-refractivity contribution in [3.63, 3.8) is 0 Å². The van der Waals surface area contributed by atoms with Gasteiger partial charge in [0.05, 0.1) is 17.2 Å². The van der Waals surface area contributed by atoms with E-state index in [4.69, 9.17) is 9.47 Å². The van der Waals surface area contributed by atoms with E-state index in [1.807, 2.05) is 0 Å². The van der Waals surface area contributed by atoms with E-state index in [-0.39, 0.29) is 36.6 Å². The molecule has 11 heteroatoms. The Kier molecular flexibility index (Phi) is 5.53. The van der Waals surface area contributed by atoms with Crippen molar-refractivity contribution in [3.05, 3.63) is 88.5 Å². The van der Waals surface area contributed by atoms with Crippen molar-refractivity contribution >= 4 is 10.0 Å². The molecule has 0 aliphatic carbocycles. The first-order chi connectivity index (χ1) is 16.5. The summed E-state index contributed by atoms with van der Waals surface area (Å²) in [5.74, 6) is -6.92. The average molecular weight is 509 g/mol. The van der Waals surface area contributed by atoms with Gasteiger partial charge in [0.2, 0.25) is 10.0 Å². The number of rotatable bonds is 4. The van der Waals surface area contributed by atoms with Gasteiger partial charge in [-0.3, -0.25) is 0 Å². The molecule has 2 aliphatic rings. The molecule has 2 atom stereocenters. The zero-order valence-electron chi connectivity index (χ0n) is 18.3. The molecule has 1 N–H and O–H groups in total. The number of halogens is 4. The summed E-state index contributed by atoms with van der Waals surface area (Å²) in [6, 6.07) is 8.10. The van der Waals surface area contributed by atoms with Gasteiger partial charge in [-0.2, -0.15) is 4.31 Å². The summed E-state index contributed by atoms with van der Waals surface area (Å²) in [4.78, 5) is -0.742. The Morgan fingerprint density at radius 2 is 1.54 bits per heavy atom. The lowest BCUT2D eigenvalue weighted by molar-refractivity contribution is -0.0516. The van der Waals surface area contributed by atoms with Crippen LogP contribution in [0.1, 0.15) is 23.1 Å². The minimum atomic E-state index is -4.35. The number of aliphatic hydroxyl groups excluding tert-OH is 1. The largest absolute Gasteiger partial charge is 0.440 e. The van der Waals surface area contributed by atoms with Crippen molar-refractivity contribution in [1.82, 2.24) is 4.31 Å². The molecule has 0 amide bonds. The normalized spacial score (nSPS) is 22.1. The maximum atomic E-state index is 15.1. The van der Waals surface area contributed by atoms with Gasteiger partial charge >= 0.3 is 5.79 Å². The second-order valence-corrected chi connectivity index (χ2v) is 10.4. The van der Waals surface area contributed by atoms with Crippen LogP contribution >= 0.6 is 0 Å². The third kappa shape index (κ3) is 3.83. The van der Waals surface area contributed by atoms with Crippen LogP contribution in [0, 0.1) is 30.2 Å². The fraction of sp³-hybridized carbons (Fsp3) is 0.250. The summed E-state index contributed by atoms with van der Waals surface area (Å²) < 4.78 is 97.3. The predicted octanol–water partition coefficient (Wildman–Crippen LogP) is 3.98. The number of aryl methyl sites for hydroxylation is 1. The van der Waals surface area contributed by atoms with Crippen molar-refractivity contribution in [2.75, 3.05) is 13.1 Å². The van der Waals surface area contributed by atoms with E-state index in [2.05, 4.69) is 0 Å². The van der Waals surface area contributed by atoms with E-state index in [0.29, 0.717) is 11.6 Å². The van der Waals surface area contributed by atoms with Gasteiger partial charge in [-0.05, 0) is 43.2 Å². The zero-order chi connectivity index (χ0) is 25.1. The monoisotopic (exact) mass is 509 g/mol. The van der Waals surface area contributed by atoms with E-state index in [1.165, 1.54) is 12.1 Å². The molecule has 2 heterocycles. The molecule has 1 fully saturated rings. The summed E-state index contributed by atoms with van der Waals surface area (Å²) in [5.41, 5.74) is -0.133. The van der Waals surface area contributed by atoms with Gasteiger partial charge in [0.25, 0.3) is 0 Å². The molecule has 184 valence electrons. The molecule has 1 unspecified atom stereocenters. The van der Waals surface area contributed by atoms with Crippen LogP contribution in [0.5, 0.6) is 11.5 Å². The molecule has 6 nitrogen and oxygen atoms in total. The number of hydrogen-bond donors (Lipinski definition) is 1. The lowest BCUT2D eigenvalue weighted by Gasteiger charge is -2.29. The minimum Gasteiger partial charge on any atom is -0.440 e. The zero-order valence-corrected chi connectivity index (χ0v) is 19.1. The molecule has 0 spiro atoms. The van der Waals surface area contributed by atoms with Gasteiger partial charge in [0.1, 0.15) is 28.2 Å². The van der Waals surface area contributed by atoms with Gasteiger partial charge < -0.3 is 14.6 Å². The van der Waals surface area contributed by atoms with Crippen LogP contribution in [0.4, 0.5) is 17.6 Å². The third-order valence-corrected chi connectivity index (χ3v) is 7.89. The average Bonchev–Trinajstić information content (AvgIpc) is 3.37. The summed E-state index contributed by atoms with van der Waals surface area (Å²) in [6.07, 6.45) is -0.675. The SMILES string of the molecule is Cc1ccc(C2(c3ccc(F)cc3F)Oc3cc(F)c(S(=O)(=O)N4CC[C@H](O)C4)cc3O2)c(F)c1. The van der Waals surface area contributed by atoms with Crippen molar-refractivity contribution in [2.45, 2.75) is 30.1 Å². The fourth-order valence-corrected chi connectivity index (χ4v) is 5.83. The standard InChI is InChI=1S/C24H19F4NO5S/c1-13-2-4-16(18(26)8-13)24(17-5-3-14(25)9-19(17)27)33-21-10-20(28)23(11-22(21)34-24)35(31,32)29-7-6-15(30)12-29/h2-5,8-11,15,30H,6-7,12H2,1H3/t15-,24?/m0/s1. The van der Waals surface area contributed by atoms with E-state index >= 15 is 8.78 Å². The number of aliphatic hydroxyl groups is 1. The molecule has 0 aromatic heterocycles. The summed E-state index contributed by atoms with van der Waals surface area (Å²) in [5, 5.41) is 9.70. The number of hydrogen-bond acceptors (Lipinski definition) is 5. The third-order valence-electron chi connectivity index (χ3n) is 6.01. The number of sulfonamides is 1. The molecule has 3 aromatic carbocycles. The van der Waals surface area contributed by atoms with Crippen molar-refractivity contribution in [3.8, 4) is 11.5 Å². The lowest BCUT2D eigenvalue weighted by Crippen LogP contribution is -2.39. The molecule has 35 heavy (non-hydrogen) atoms. The Labute approximate surface area is 198 Å². The number of ether oxygens (including phenoxy) is 2. The molecule has 5 rings (SSSR count). The first-order valence-corrected chi connectivity index (χ1v) is 12.1. The van der Waals surface area contributed by atoms with Crippen LogP contribution < -0.4 is 9.47 Å². The maximum Gasteiger partial charge on any atom is 0.311 e. The van der Waals surface area contributed by atoms with E-state index in [1.54, 1.807) is 6.92 Å². The molecule has 0 bridgehead atoms. The highest BCUT2D eigenvalue weighted by Crippen LogP contribution is 2.50. The van der Waals surface area contributed by atoms with E-state index < -0.39 is 55.6 Å². The van der Waals surface area contributed by atoms with Gasteiger partial charge in [-0.25, -0.2) is 26.0 Å². The molecular weight excluding hydrogens is 490 g/mol. The lowest BCUT2D eigenvalue weighted by atomic mass is 9.95. The van der Waals surface area contributed by atoms with E-state index in [0.717, 1.165) is 34.6 Å². The van der Waals surface area contributed by atoms with Crippen LogP contribution in [-0.2, 0) is 15.8 Å². The molecular formula is C24H19F4NO5S.